The predicted octanol–water partition coefficient (Wildman–Crippen LogP) is 2.61. The van der Waals surface area contributed by atoms with E-state index in [1.165, 1.54) is 12.8 Å². The highest BCUT2D eigenvalue weighted by Crippen LogP contribution is 2.26. The van der Waals surface area contributed by atoms with Crippen LogP contribution >= 0.6 is 11.3 Å². The number of thiophene rings is 1. The molecule has 1 aliphatic heterocycles. The summed E-state index contributed by atoms with van der Waals surface area (Å²) in [6.45, 7) is 1.04. The SMILES string of the molecule is c1csc(-c2noc([C@@H]3CCCCN3)n2)c1. The molecule has 5 heteroatoms. The minimum Gasteiger partial charge on any atom is -0.337 e. The van der Waals surface area contributed by atoms with Crippen molar-refractivity contribution in [3.05, 3.63) is 23.4 Å². The summed E-state index contributed by atoms with van der Waals surface area (Å²) in [5, 5.41) is 9.44. The molecule has 2 aromatic heterocycles. The first-order chi connectivity index (χ1) is 7.93. The molecule has 1 N–H and O–H groups in total. The van der Waals surface area contributed by atoms with Gasteiger partial charge in [-0.2, -0.15) is 4.98 Å². The largest absolute Gasteiger partial charge is 0.337 e. The second kappa shape index (κ2) is 4.35. The Bertz CT molecular complexity index is 446. The van der Waals surface area contributed by atoms with Gasteiger partial charge in [0.15, 0.2) is 0 Å². The maximum absolute atomic E-state index is 5.31. The van der Waals surface area contributed by atoms with Gasteiger partial charge in [0.1, 0.15) is 0 Å². The average Bonchev–Trinajstić information content (AvgIpc) is 3.01. The van der Waals surface area contributed by atoms with Gasteiger partial charge in [-0.15, -0.1) is 11.3 Å². The lowest BCUT2D eigenvalue weighted by atomic mass is 10.1. The molecule has 3 rings (SSSR count). The Kier molecular flexibility index (Phi) is 2.71. The number of rotatable bonds is 2. The van der Waals surface area contributed by atoms with Crippen LogP contribution in [-0.4, -0.2) is 16.7 Å². The van der Waals surface area contributed by atoms with Gasteiger partial charge in [0.05, 0.1) is 10.9 Å². The lowest BCUT2D eigenvalue weighted by Gasteiger charge is -2.19. The molecule has 0 spiro atoms. The fourth-order valence-corrected chi connectivity index (χ4v) is 2.59. The molecule has 0 amide bonds. The van der Waals surface area contributed by atoms with Crippen LogP contribution in [0.4, 0.5) is 0 Å². The fourth-order valence-electron chi connectivity index (χ4n) is 1.95. The molecule has 4 nitrogen and oxygen atoms in total. The number of piperidine rings is 1. The first kappa shape index (κ1) is 9.99. The van der Waals surface area contributed by atoms with E-state index in [0.29, 0.717) is 5.82 Å². The average molecular weight is 235 g/mol. The molecule has 3 heterocycles. The number of aromatic nitrogens is 2. The molecule has 0 unspecified atom stereocenters. The molecule has 1 saturated heterocycles. The highest BCUT2D eigenvalue weighted by molar-refractivity contribution is 7.13. The molecule has 0 aromatic carbocycles. The zero-order valence-electron chi connectivity index (χ0n) is 8.85. The summed E-state index contributed by atoms with van der Waals surface area (Å²) >= 11 is 1.63. The zero-order valence-corrected chi connectivity index (χ0v) is 9.67. The van der Waals surface area contributed by atoms with Crippen molar-refractivity contribution in [2.75, 3.05) is 6.54 Å². The quantitative estimate of drug-likeness (QED) is 0.869. The smallest absolute Gasteiger partial charge is 0.244 e. The molecule has 1 atom stereocenters. The Balaban J connectivity index is 1.82. The van der Waals surface area contributed by atoms with Crippen molar-refractivity contribution in [2.24, 2.45) is 0 Å². The van der Waals surface area contributed by atoms with Gasteiger partial charge in [-0.25, -0.2) is 0 Å². The van der Waals surface area contributed by atoms with Crippen molar-refractivity contribution in [2.45, 2.75) is 25.3 Å². The Morgan fingerprint density at radius 1 is 1.44 bits per heavy atom. The lowest BCUT2D eigenvalue weighted by Crippen LogP contribution is -2.26. The van der Waals surface area contributed by atoms with Crippen LogP contribution in [0.25, 0.3) is 10.7 Å². The number of nitrogens with one attached hydrogen (secondary N) is 1. The van der Waals surface area contributed by atoms with Crippen molar-refractivity contribution < 1.29 is 4.52 Å². The second-order valence-corrected chi connectivity index (χ2v) is 4.88. The minimum atomic E-state index is 0.245. The molecule has 1 fully saturated rings. The Morgan fingerprint density at radius 3 is 3.19 bits per heavy atom. The number of hydrogen-bond acceptors (Lipinski definition) is 5. The van der Waals surface area contributed by atoms with E-state index in [0.717, 1.165) is 23.7 Å². The molecular formula is C11H13N3OS. The van der Waals surface area contributed by atoms with E-state index >= 15 is 0 Å². The standard InChI is InChI=1S/C11H13N3OS/c1-2-6-12-8(4-1)11-13-10(14-15-11)9-5-3-7-16-9/h3,5,7-8,12H,1-2,4,6H2/t8-/m0/s1. The van der Waals surface area contributed by atoms with Gasteiger partial charge in [0.25, 0.3) is 0 Å². The summed E-state index contributed by atoms with van der Waals surface area (Å²) in [6, 6.07) is 4.25. The molecule has 0 bridgehead atoms. The van der Waals surface area contributed by atoms with Crippen molar-refractivity contribution in [3.8, 4) is 10.7 Å². The van der Waals surface area contributed by atoms with Crippen molar-refractivity contribution in [1.29, 1.82) is 0 Å². The third kappa shape index (κ3) is 1.88. The minimum absolute atomic E-state index is 0.245. The van der Waals surface area contributed by atoms with Crippen molar-refractivity contribution >= 4 is 11.3 Å². The van der Waals surface area contributed by atoms with E-state index in [4.69, 9.17) is 4.52 Å². The van der Waals surface area contributed by atoms with Crippen LogP contribution in [0.1, 0.15) is 31.2 Å². The zero-order chi connectivity index (χ0) is 10.8. The summed E-state index contributed by atoms with van der Waals surface area (Å²) in [5.74, 6) is 1.43. The summed E-state index contributed by atoms with van der Waals surface area (Å²) in [4.78, 5) is 5.51. The van der Waals surface area contributed by atoms with Gasteiger partial charge < -0.3 is 9.84 Å². The van der Waals surface area contributed by atoms with Gasteiger partial charge >= 0.3 is 0 Å². The third-order valence-electron chi connectivity index (χ3n) is 2.79. The van der Waals surface area contributed by atoms with Crippen LogP contribution < -0.4 is 5.32 Å². The number of hydrogen-bond donors (Lipinski definition) is 1. The van der Waals surface area contributed by atoms with Crippen LogP contribution in [-0.2, 0) is 0 Å². The summed E-state index contributed by atoms with van der Waals surface area (Å²) < 4.78 is 5.31. The molecular weight excluding hydrogens is 222 g/mol. The number of nitrogens with zero attached hydrogens (tertiary/aromatic N) is 2. The Hall–Kier alpha value is -1.20. The summed E-state index contributed by atoms with van der Waals surface area (Å²) in [7, 11) is 0. The van der Waals surface area contributed by atoms with E-state index in [1.807, 2.05) is 17.5 Å². The summed E-state index contributed by atoms with van der Waals surface area (Å²) in [5.41, 5.74) is 0. The Labute approximate surface area is 97.7 Å². The van der Waals surface area contributed by atoms with Gasteiger partial charge in [-0.05, 0) is 30.8 Å². The van der Waals surface area contributed by atoms with E-state index in [9.17, 15) is 0 Å². The van der Waals surface area contributed by atoms with Gasteiger partial charge in [-0.3, -0.25) is 0 Å². The third-order valence-corrected chi connectivity index (χ3v) is 3.66. The maximum Gasteiger partial charge on any atom is 0.244 e. The molecule has 0 saturated carbocycles. The highest BCUT2D eigenvalue weighted by atomic mass is 32.1. The topological polar surface area (TPSA) is 51.0 Å². The van der Waals surface area contributed by atoms with Crippen LogP contribution in [0.2, 0.25) is 0 Å². The van der Waals surface area contributed by atoms with Gasteiger partial charge in [-0.1, -0.05) is 17.6 Å². The molecule has 0 radical (unpaired) electrons. The monoisotopic (exact) mass is 235 g/mol. The Morgan fingerprint density at radius 2 is 2.44 bits per heavy atom. The fraction of sp³-hybridized carbons (Fsp3) is 0.455. The van der Waals surface area contributed by atoms with E-state index in [1.54, 1.807) is 11.3 Å². The highest BCUT2D eigenvalue weighted by Gasteiger charge is 2.21. The van der Waals surface area contributed by atoms with Crippen LogP contribution in [0.3, 0.4) is 0 Å². The second-order valence-electron chi connectivity index (χ2n) is 3.94. The van der Waals surface area contributed by atoms with E-state index in [2.05, 4.69) is 15.5 Å². The molecule has 16 heavy (non-hydrogen) atoms. The molecule has 0 aliphatic carbocycles. The molecule has 1 aliphatic rings. The van der Waals surface area contributed by atoms with E-state index < -0.39 is 0 Å². The van der Waals surface area contributed by atoms with Crippen molar-refractivity contribution in [1.82, 2.24) is 15.5 Å². The lowest BCUT2D eigenvalue weighted by molar-refractivity contribution is 0.297. The van der Waals surface area contributed by atoms with Crippen LogP contribution in [0.5, 0.6) is 0 Å². The molecule has 84 valence electrons. The van der Waals surface area contributed by atoms with Gasteiger partial charge in [0, 0.05) is 0 Å². The summed E-state index contributed by atoms with van der Waals surface area (Å²) in [6.07, 6.45) is 3.56. The van der Waals surface area contributed by atoms with Gasteiger partial charge in [0.2, 0.25) is 11.7 Å². The van der Waals surface area contributed by atoms with E-state index in [-0.39, 0.29) is 6.04 Å². The van der Waals surface area contributed by atoms with Crippen molar-refractivity contribution in [3.63, 3.8) is 0 Å². The van der Waals surface area contributed by atoms with Crippen LogP contribution in [0, 0.1) is 0 Å². The molecule has 2 aromatic rings. The normalized spacial score (nSPS) is 21.1. The first-order valence-electron chi connectivity index (χ1n) is 5.54. The predicted molar refractivity (Wildman–Crippen MR) is 62.2 cm³/mol. The first-order valence-corrected chi connectivity index (χ1v) is 6.42. The van der Waals surface area contributed by atoms with Crippen LogP contribution in [0.15, 0.2) is 22.0 Å². The maximum atomic E-state index is 5.31.